The molecule has 1 aromatic carbocycles. The Balaban J connectivity index is 2.58. The lowest BCUT2D eigenvalue weighted by Gasteiger charge is -1.98. The Labute approximate surface area is 81.3 Å². The smallest absolute Gasteiger partial charge is 0.0257 e. The number of benzene rings is 1. The van der Waals surface area contributed by atoms with Gasteiger partial charge in [-0.05, 0) is 24.8 Å². The number of hydrogen-bond donors (Lipinski definition) is 0. The van der Waals surface area contributed by atoms with Crippen LogP contribution in [0.25, 0.3) is 6.08 Å². The average Bonchev–Trinajstić information content (AvgIpc) is 2.03. The normalized spacial score (nSPS) is 11.4. The quantitative estimate of drug-likeness (QED) is 0.648. The van der Waals surface area contributed by atoms with Crippen LogP contribution in [-0.4, -0.2) is 0 Å². The standard InChI is InChI=1S/C13H18/c1-11(2)6-4-8-13-9-5-7-12(3)10-13/h4-5,7-11H,6H2,1-3H3. The molecule has 1 aromatic rings. The van der Waals surface area contributed by atoms with E-state index in [2.05, 4.69) is 57.2 Å². The van der Waals surface area contributed by atoms with Gasteiger partial charge in [-0.25, -0.2) is 0 Å². The zero-order valence-electron chi connectivity index (χ0n) is 8.75. The Kier molecular flexibility index (Phi) is 3.75. The van der Waals surface area contributed by atoms with Crippen molar-refractivity contribution in [2.24, 2.45) is 5.92 Å². The van der Waals surface area contributed by atoms with Crippen LogP contribution in [-0.2, 0) is 0 Å². The topological polar surface area (TPSA) is 0 Å². The minimum atomic E-state index is 0.751. The predicted octanol–water partition coefficient (Wildman–Crippen LogP) is 4.05. The SMILES string of the molecule is Cc1cccc(C=CCC(C)C)c1. The third-order valence-corrected chi connectivity index (χ3v) is 1.96. The van der Waals surface area contributed by atoms with Gasteiger partial charge in [0, 0.05) is 0 Å². The van der Waals surface area contributed by atoms with Crippen LogP contribution in [0.4, 0.5) is 0 Å². The van der Waals surface area contributed by atoms with Gasteiger partial charge in [-0.15, -0.1) is 0 Å². The summed E-state index contributed by atoms with van der Waals surface area (Å²) in [5, 5.41) is 0. The van der Waals surface area contributed by atoms with Gasteiger partial charge >= 0.3 is 0 Å². The van der Waals surface area contributed by atoms with Gasteiger partial charge in [0.25, 0.3) is 0 Å². The lowest BCUT2D eigenvalue weighted by atomic mass is 10.1. The van der Waals surface area contributed by atoms with E-state index in [0.717, 1.165) is 12.3 Å². The van der Waals surface area contributed by atoms with Gasteiger partial charge in [0.2, 0.25) is 0 Å². The van der Waals surface area contributed by atoms with Crippen molar-refractivity contribution in [2.45, 2.75) is 27.2 Å². The lowest BCUT2D eigenvalue weighted by molar-refractivity contribution is 0.665. The van der Waals surface area contributed by atoms with Crippen LogP contribution in [0.3, 0.4) is 0 Å². The summed E-state index contributed by atoms with van der Waals surface area (Å²) < 4.78 is 0. The summed E-state index contributed by atoms with van der Waals surface area (Å²) in [5.74, 6) is 0.751. The summed E-state index contributed by atoms with van der Waals surface area (Å²) >= 11 is 0. The Hall–Kier alpha value is -1.04. The first-order chi connectivity index (χ1) is 6.18. The van der Waals surface area contributed by atoms with E-state index in [-0.39, 0.29) is 0 Å². The van der Waals surface area contributed by atoms with Gasteiger partial charge in [0.1, 0.15) is 0 Å². The summed E-state index contributed by atoms with van der Waals surface area (Å²) in [6.45, 7) is 6.60. The summed E-state index contributed by atoms with van der Waals surface area (Å²) in [6, 6.07) is 8.57. The molecule has 0 fully saturated rings. The van der Waals surface area contributed by atoms with Gasteiger partial charge in [-0.1, -0.05) is 55.8 Å². The molecule has 0 nitrogen and oxygen atoms in total. The first-order valence-corrected chi connectivity index (χ1v) is 4.91. The van der Waals surface area contributed by atoms with E-state index in [0.29, 0.717) is 0 Å². The van der Waals surface area contributed by atoms with Crippen molar-refractivity contribution in [3.05, 3.63) is 41.5 Å². The first kappa shape index (κ1) is 10.0. The third kappa shape index (κ3) is 3.93. The highest BCUT2D eigenvalue weighted by Gasteiger charge is 1.89. The number of aryl methyl sites for hydroxylation is 1. The maximum atomic E-state index is 2.25. The third-order valence-electron chi connectivity index (χ3n) is 1.96. The fourth-order valence-corrected chi connectivity index (χ4v) is 1.25. The zero-order chi connectivity index (χ0) is 9.68. The van der Waals surface area contributed by atoms with Crippen molar-refractivity contribution in [3.8, 4) is 0 Å². The van der Waals surface area contributed by atoms with Crippen molar-refractivity contribution in [2.75, 3.05) is 0 Å². The largest absolute Gasteiger partial charge is 0.0837 e. The molecule has 0 heteroatoms. The highest BCUT2D eigenvalue weighted by Crippen LogP contribution is 2.08. The van der Waals surface area contributed by atoms with Crippen molar-refractivity contribution < 1.29 is 0 Å². The van der Waals surface area contributed by atoms with Crippen molar-refractivity contribution >= 4 is 6.08 Å². The van der Waals surface area contributed by atoms with E-state index in [4.69, 9.17) is 0 Å². The molecule has 0 aliphatic heterocycles. The average molecular weight is 174 g/mol. The second-order valence-corrected chi connectivity index (χ2v) is 3.95. The summed E-state index contributed by atoms with van der Waals surface area (Å²) in [4.78, 5) is 0. The molecule has 0 amide bonds. The van der Waals surface area contributed by atoms with Crippen LogP contribution in [0, 0.1) is 12.8 Å². The first-order valence-electron chi connectivity index (χ1n) is 4.91. The Morgan fingerprint density at radius 3 is 2.69 bits per heavy atom. The summed E-state index contributed by atoms with van der Waals surface area (Å²) in [7, 11) is 0. The van der Waals surface area contributed by atoms with Crippen molar-refractivity contribution in [1.82, 2.24) is 0 Å². The maximum absolute atomic E-state index is 2.25. The van der Waals surface area contributed by atoms with E-state index in [1.807, 2.05) is 0 Å². The number of allylic oxidation sites excluding steroid dienone is 1. The van der Waals surface area contributed by atoms with Gasteiger partial charge in [0.05, 0.1) is 0 Å². The van der Waals surface area contributed by atoms with Gasteiger partial charge in [0.15, 0.2) is 0 Å². The summed E-state index contributed by atoms with van der Waals surface area (Å²) in [6.07, 6.45) is 5.61. The molecule has 0 saturated heterocycles. The number of hydrogen-bond acceptors (Lipinski definition) is 0. The molecule has 0 radical (unpaired) electrons. The molecule has 1 rings (SSSR count). The van der Waals surface area contributed by atoms with Crippen LogP contribution in [0.5, 0.6) is 0 Å². The second-order valence-electron chi connectivity index (χ2n) is 3.95. The predicted molar refractivity (Wildman–Crippen MR) is 59.7 cm³/mol. The highest BCUT2D eigenvalue weighted by atomic mass is 13.9. The fraction of sp³-hybridized carbons (Fsp3) is 0.385. The molecular formula is C13H18. The van der Waals surface area contributed by atoms with Gasteiger partial charge in [-0.3, -0.25) is 0 Å². The minimum Gasteiger partial charge on any atom is -0.0837 e. The maximum Gasteiger partial charge on any atom is -0.0257 e. The molecule has 0 unspecified atom stereocenters. The second kappa shape index (κ2) is 4.86. The number of rotatable bonds is 3. The van der Waals surface area contributed by atoms with Crippen LogP contribution in [0.15, 0.2) is 30.3 Å². The molecular weight excluding hydrogens is 156 g/mol. The summed E-state index contributed by atoms with van der Waals surface area (Å²) in [5.41, 5.74) is 2.63. The molecule has 0 spiro atoms. The molecule has 0 aromatic heterocycles. The Morgan fingerprint density at radius 2 is 2.08 bits per heavy atom. The van der Waals surface area contributed by atoms with Crippen LogP contribution in [0.2, 0.25) is 0 Å². The van der Waals surface area contributed by atoms with E-state index in [1.54, 1.807) is 0 Å². The van der Waals surface area contributed by atoms with Crippen LogP contribution in [0.1, 0.15) is 31.4 Å². The molecule has 0 atom stereocenters. The fourth-order valence-electron chi connectivity index (χ4n) is 1.25. The molecule has 0 saturated carbocycles. The minimum absolute atomic E-state index is 0.751. The molecule has 70 valence electrons. The van der Waals surface area contributed by atoms with Gasteiger partial charge < -0.3 is 0 Å². The van der Waals surface area contributed by atoms with E-state index in [9.17, 15) is 0 Å². The highest BCUT2D eigenvalue weighted by molar-refractivity contribution is 5.49. The van der Waals surface area contributed by atoms with E-state index >= 15 is 0 Å². The van der Waals surface area contributed by atoms with Crippen LogP contribution >= 0.6 is 0 Å². The van der Waals surface area contributed by atoms with Crippen molar-refractivity contribution in [1.29, 1.82) is 0 Å². The molecule has 0 aliphatic carbocycles. The lowest BCUT2D eigenvalue weighted by Crippen LogP contribution is -1.81. The molecule has 0 heterocycles. The van der Waals surface area contributed by atoms with E-state index < -0.39 is 0 Å². The van der Waals surface area contributed by atoms with Gasteiger partial charge in [-0.2, -0.15) is 0 Å². The Morgan fingerprint density at radius 1 is 1.31 bits per heavy atom. The molecule has 0 N–H and O–H groups in total. The molecule has 13 heavy (non-hydrogen) atoms. The zero-order valence-corrected chi connectivity index (χ0v) is 8.75. The molecule has 0 bridgehead atoms. The van der Waals surface area contributed by atoms with E-state index in [1.165, 1.54) is 11.1 Å². The molecule has 0 aliphatic rings. The monoisotopic (exact) mass is 174 g/mol. The Bertz CT molecular complexity index is 282. The van der Waals surface area contributed by atoms with Crippen LogP contribution < -0.4 is 0 Å². The van der Waals surface area contributed by atoms with Crippen molar-refractivity contribution in [3.63, 3.8) is 0 Å².